The van der Waals surface area contributed by atoms with Gasteiger partial charge in [-0.05, 0) is 43.2 Å². The molecule has 11 nitrogen and oxygen atoms in total. The average molecular weight is 497 g/mol. The van der Waals surface area contributed by atoms with E-state index in [1.54, 1.807) is 31.2 Å². The van der Waals surface area contributed by atoms with E-state index < -0.39 is 22.8 Å². The minimum atomic E-state index is -0.736. The quantitative estimate of drug-likeness (QED) is 0.221. The van der Waals surface area contributed by atoms with Crippen molar-refractivity contribution >= 4 is 29.3 Å². The van der Waals surface area contributed by atoms with Crippen molar-refractivity contribution < 1.29 is 28.8 Å². The van der Waals surface area contributed by atoms with Gasteiger partial charge in [-0.3, -0.25) is 19.8 Å². The van der Waals surface area contributed by atoms with E-state index in [9.17, 15) is 24.5 Å². The SMILES string of the molecule is CCCN1C(=O)NC(c2ccc(NC(=O)c3ccc([N+](=O)[O-])cc3)cc2)C(C(=O)OCCOC)=C1C. The van der Waals surface area contributed by atoms with Crippen LogP contribution in [0.15, 0.2) is 59.8 Å². The molecule has 1 unspecified atom stereocenters. The van der Waals surface area contributed by atoms with Gasteiger partial charge in [0.25, 0.3) is 11.6 Å². The van der Waals surface area contributed by atoms with Crippen LogP contribution in [0.2, 0.25) is 0 Å². The highest BCUT2D eigenvalue weighted by atomic mass is 16.6. The van der Waals surface area contributed by atoms with Crippen molar-refractivity contribution in [1.82, 2.24) is 10.2 Å². The highest BCUT2D eigenvalue weighted by Gasteiger charge is 2.36. The van der Waals surface area contributed by atoms with E-state index in [-0.39, 0.29) is 30.5 Å². The number of non-ortho nitro benzene ring substituents is 1. The predicted molar refractivity (Wildman–Crippen MR) is 131 cm³/mol. The fourth-order valence-electron chi connectivity index (χ4n) is 3.78. The number of nitro groups is 1. The molecule has 1 heterocycles. The van der Waals surface area contributed by atoms with Gasteiger partial charge in [-0.2, -0.15) is 0 Å². The lowest BCUT2D eigenvalue weighted by atomic mass is 9.94. The summed E-state index contributed by atoms with van der Waals surface area (Å²) < 4.78 is 10.3. The minimum absolute atomic E-state index is 0.0776. The molecule has 3 amide bonds. The maximum absolute atomic E-state index is 12.9. The first-order chi connectivity index (χ1) is 17.3. The maximum Gasteiger partial charge on any atom is 0.338 e. The molecule has 0 spiro atoms. The predicted octanol–water partition coefficient (Wildman–Crippen LogP) is 3.79. The van der Waals surface area contributed by atoms with Crippen LogP contribution >= 0.6 is 0 Å². The number of nitrogens with one attached hydrogen (secondary N) is 2. The molecule has 2 aromatic rings. The molecule has 11 heteroatoms. The van der Waals surface area contributed by atoms with Crippen molar-refractivity contribution in [3.05, 3.63) is 81.0 Å². The largest absolute Gasteiger partial charge is 0.460 e. The van der Waals surface area contributed by atoms with Crippen molar-refractivity contribution in [2.75, 3.05) is 32.2 Å². The number of anilines is 1. The van der Waals surface area contributed by atoms with E-state index in [1.807, 2.05) is 6.92 Å². The van der Waals surface area contributed by atoms with Gasteiger partial charge in [-0.15, -0.1) is 0 Å². The van der Waals surface area contributed by atoms with Gasteiger partial charge in [0, 0.05) is 42.7 Å². The van der Waals surface area contributed by atoms with Crippen LogP contribution < -0.4 is 10.6 Å². The van der Waals surface area contributed by atoms with Gasteiger partial charge in [0.1, 0.15) is 6.61 Å². The molecule has 1 aliphatic rings. The summed E-state index contributed by atoms with van der Waals surface area (Å²) in [5.74, 6) is -0.983. The third-order valence-corrected chi connectivity index (χ3v) is 5.63. The topological polar surface area (TPSA) is 140 Å². The molecule has 0 aromatic heterocycles. The van der Waals surface area contributed by atoms with Crippen molar-refractivity contribution in [1.29, 1.82) is 0 Å². The Hall–Kier alpha value is -4.25. The van der Waals surface area contributed by atoms with Crippen molar-refractivity contribution in [2.24, 2.45) is 0 Å². The molecule has 0 aliphatic carbocycles. The number of esters is 1. The monoisotopic (exact) mass is 496 g/mol. The molecule has 0 fully saturated rings. The summed E-state index contributed by atoms with van der Waals surface area (Å²) in [4.78, 5) is 50.0. The van der Waals surface area contributed by atoms with Crippen LogP contribution in [-0.4, -0.2) is 54.6 Å². The van der Waals surface area contributed by atoms with E-state index in [1.165, 1.54) is 36.3 Å². The highest BCUT2D eigenvalue weighted by molar-refractivity contribution is 6.04. The number of carbonyl (C=O) groups is 3. The standard InChI is InChI=1S/C25H28N4O7/c1-4-13-28-16(2)21(24(31)36-15-14-35-3)22(27-25(28)32)17-5-9-19(10-6-17)26-23(30)18-7-11-20(12-8-18)29(33)34/h5-12,22H,4,13-15H2,1-3H3,(H,26,30)(H,27,32). The second kappa shape index (κ2) is 11.9. The number of urea groups is 1. The smallest absolute Gasteiger partial charge is 0.338 e. The average Bonchev–Trinajstić information content (AvgIpc) is 2.86. The lowest BCUT2D eigenvalue weighted by Gasteiger charge is -2.35. The Labute approximate surface area is 208 Å². The van der Waals surface area contributed by atoms with Crippen molar-refractivity contribution in [3.63, 3.8) is 0 Å². The molecule has 2 aromatic carbocycles. The van der Waals surface area contributed by atoms with Gasteiger partial charge < -0.3 is 20.1 Å². The Morgan fingerprint density at radius 1 is 1.11 bits per heavy atom. The number of carbonyl (C=O) groups excluding carboxylic acids is 3. The summed E-state index contributed by atoms with van der Waals surface area (Å²) in [6.45, 7) is 4.43. The molecule has 2 N–H and O–H groups in total. The number of nitrogens with zero attached hydrogens (tertiary/aromatic N) is 2. The molecule has 0 radical (unpaired) electrons. The second-order valence-electron chi connectivity index (χ2n) is 8.04. The van der Waals surface area contributed by atoms with E-state index >= 15 is 0 Å². The Morgan fingerprint density at radius 2 is 1.78 bits per heavy atom. The molecule has 36 heavy (non-hydrogen) atoms. The van der Waals surface area contributed by atoms with Crippen LogP contribution in [0.4, 0.5) is 16.2 Å². The van der Waals surface area contributed by atoms with Gasteiger partial charge in [0.2, 0.25) is 0 Å². The normalized spacial score (nSPS) is 15.4. The lowest BCUT2D eigenvalue weighted by molar-refractivity contribution is -0.384. The van der Waals surface area contributed by atoms with Crippen LogP contribution in [0.5, 0.6) is 0 Å². The molecule has 0 bridgehead atoms. The number of hydrogen-bond donors (Lipinski definition) is 2. The lowest BCUT2D eigenvalue weighted by Crippen LogP contribution is -2.48. The highest BCUT2D eigenvalue weighted by Crippen LogP contribution is 2.32. The van der Waals surface area contributed by atoms with Crippen molar-refractivity contribution in [3.8, 4) is 0 Å². The Kier molecular flexibility index (Phi) is 8.74. The van der Waals surface area contributed by atoms with Crippen LogP contribution in [0.1, 0.15) is 42.2 Å². The van der Waals surface area contributed by atoms with Gasteiger partial charge in [0.15, 0.2) is 0 Å². The van der Waals surface area contributed by atoms with Gasteiger partial charge >= 0.3 is 12.0 Å². The Morgan fingerprint density at radius 3 is 2.36 bits per heavy atom. The summed E-state index contributed by atoms with van der Waals surface area (Å²) in [5.41, 5.74) is 2.10. The first-order valence-electron chi connectivity index (χ1n) is 11.4. The number of nitro benzene ring substituents is 1. The first kappa shape index (κ1) is 26.4. The van der Waals surface area contributed by atoms with Crippen LogP contribution in [-0.2, 0) is 14.3 Å². The molecular formula is C25H28N4O7. The summed E-state index contributed by atoms with van der Waals surface area (Å²) >= 11 is 0. The maximum atomic E-state index is 12.9. The first-order valence-corrected chi connectivity index (χ1v) is 11.4. The number of ether oxygens (including phenoxy) is 2. The molecule has 190 valence electrons. The molecule has 3 rings (SSSR count). The fourth-order valence-corrected chi connectivity index (χ4v) is 3.78. The zero-order valence-electron chi connectivity index (χ0n) is 20.3. The van der Waals surface area contributed by atoms with E-state index in [2.05, 4.69) is 10.6 Å². The number of benzene rings is 2. The van der Waals surface area contributed by atoms with E-state index in [0.717, 1.165) is 0 Å². The molecule has 0 saturated heterocycles. The molecular weight excluding hydrogens is 468 g/mol. The molecule has 1 atom stereocenters. The number of methoxy groups -OCH3 is 1. The minimum Gasteiger partial charge on any atom is -0.460 e. The Bertz CT molecular complexity index is 1160. The second-order valence-corrected chi connectivity index (χ2v) is 8.04. The van der Waals surface area contributed by atoms with Gasteiger partial charge in [-0.25, -0.2) is 9.59 Å². The van der Waals surface area contributed by atoms with Crippen LogP contribution in [0, 0.1) is 10.1 Å². The molecule has 0 saturated carbocycles. The summed E-state index contributed by atoms with van der Waals surface area (Å²) in [6.07, 6.45) is 0.713. The summed E-state index contributed by atoms with van der Waals surface area (Å²) in [7, 11) is 1.51. The molecule has 1 aliphatic heterocycles. The number of allylic oxidation sites excluding steroid dienone is 1. The van der Waals surface area contributed by atoms with Gasteiger partial charge in [-0.1, -0.05) is 19.1 Å². The van der Waals surface area contributed by atoms with Gasteiger partial charge in [0.05, 0.1) is 23.1 Å². The Balaban J connectivity index is 1.81. The zero-order chi connectivity index (χ0) is 26.2. The third kappa shape index (κ3) is 6.05. The van der Waals surface area contributed by atoms with Crippen LogP contribution in [0.3, 0.4) is 0 Å². The summed E-state index contributed by atoms with van der Waals surface area (Å²) in [5, 5.41) is 16.4. The van der Waals surface area contributed by atoms with E-state index in [4.69, 9.17) is 9.47 Å². The third-order valence-electron chi connectivity index (χ3n) is 5.63. The number of hydrogen-bond acceptors (Lipinski definition) is 7. The summed E-state index contributed by atoms with van der Waals surface area (Å²) in [6, 6.07) is 10.9. The number of rotatable bonds is 10. The zero-order valence-corrected chi connectivity index (χ0v) is 20.3. The number of amides is 3. The van der Waals surface area contributed by atoms with Crippen molar-refractivity contribution in [2.45, 2.75) is 26.3 Å². The van der Waals surface area contributed by atoms with Crippen LogP contribution in [0.25, 0.3) is 0 Å². The fraction of sp³-hybridized carbons (Fsp3) is 0.320. The van der Waals surface area contributed by atoms with E-state index in [0.29, 0.717) is 35.5 Å².